The van der Waals surface area contributed by atoms with Crippen LogP contribution in [-0.4, -0.2) is 36.8 Å². The lowest BCUT2D eigenvalue weighted by Gasteiger charge is -2.19. The van der Waals surface area contributed by atoms with Crippen molar-refractivity contribution in [3.63, 3.8) is 0 Å². The Balaban J connectivity index is 1.70. The van der Waals surface area contributed by atoms with Gasteiger partial charge in [-0.2, -0.15) is 0 Å². The van der Waals surface area contributed by atoms with Gasteiger partial charge in [0.15, 0.2) is 5.78 Å². The van der Waals surface area contributed by atoms with E-state index in [1.165, 1.54) is 4.90 Å². The lowest BCUT2D eigenvalue weighted by atomic mass is 9.97. The summed E-state index contributed by atoms with van der Waals surface area (Å²) >= 11 is 6.07. The minimum atomic E-state index is -0.234. The van der Waals surface area contributed by atoms with Gasteiger partial charge >= 0.3 is 0 Å². The first-order valence-corrected chi connectivity index (χ1v) is 9.27. The minimum absolute atomic E-state index is 0.176. The van der Waals surface area contributed by atoms with Crippen LogP contribution in [0.3, 0.4) is 0 Å². The zero-order chi connectivity index (χ0) is 19.9. The highest BCUT2D eigenvalue weighted by molar-refractivity contribution is 6.32. The lowest BCUT2D eigenvalue weighted by molar-refractivity contribution is 0.0769. The molecule has 3 rings (SSSR count). The van der Waals surface area contributed by atoms with Gasteiger partial charge in [-0.05, 0) is 18.2 Å². The third-order valence-electron chi connectivity index (χ3n) is 4.31. The molecule has 0 aromatic heterocycles. The van der Waals surface area contributed by atoms with Crippen LogP contribution in [0.4, 0.5) is 0 Å². The van der Waals surface area contributed by atoms with Gasteiger partial charge in [0.25, 0.3) is 5.91 Å². The molecule has 5 heteroatoms. The predicted molar refractivity (Wildman–Crippen MR) is 110 cm³/mol. The van der Waals surface area contributed by atoms with Gasteiger partial charge in [-0.3, -0.25) is 9.59 Å². The highest BCUT2D eigenvalue weighted by Crippen LogP contribution is 2.23. The first-order chi connectivity index (χ1) is 13.6. The molecular weight excluding hydrogens is 374 g/mol. The number of para-hydroxylation sites is 1. The molecule has 0 atom stereocenters. The molecule has 28 heavy (non-hydrogen) atoms. The largest absolute Gasteiger partial charge is 0.490 e. The van der Waals surface area contributed by atoms with Crippen molar-refractivity contribution in [1.29, 1.82) is 0 Å². The summed E-state index contributed by atoms with van der Waals surface area (Å²) in [7, 11) is 1.68. The van der Waals surface area contributed by atoms with Crippen LogP contribution in [-0.2, 0) is 0 Å². The number of benzene rings is 3. The molecule has 1 amide bonds. The van der Waals surface area contributed by atoms with Gasteiger partial charge in [-0.25, -0.2) is 0 Å². The quantitative estimate of drug-likeness (QED) is 0.545. The van der Waals surface area contributed by atoms with E-state index in [-0.39, 0.29) is 11.7 Å². The van der Waals surface area contributed by atoms with E-state index in [4.69, 9.17) is 16.3 Å². The van der Waals surface area contributed by atoms with Crippen molar-refractivity contribution in [2.75, 3.05) is 20.2 Å². The molecule has 0 saturated heterocycles. The van der Waals surface area contributed by atoms with Gasteiger partial charge in [0.1, 0.15) is 12.4 Å². The molecule has 3 aromatic carbocycles. The van der Waals surface area contributed by atoms with Crippen molar-refractivity contribution in [2.45, 2.75) is 0 Å². The summed E-state index contributed by atoms with van der Waals surface area (Å²) in [6, 6.07) is 23.0. The number of hydrogen-bond acceptors (Lipinski definition) is 3. The van der Waals surface area contributed by atoms with Crippen molar-refractivity contribution in [1.82, 2.24) is 4.90 Å². The topological polar surface area (TPSA) is 46.6 Å². The molecule has 0 radical (unpaired) electrons. The summed E-state index contributed by atoms with van der Waals surface area (Å²) in [4.78, 5) is 27.3. The van der Waals surface area contributed by atoms with Crippen LogP contribution >= 0.6 is 11.6 Å². The molecule has 0 unspecified atom stereocenters. The maximum absolute atomic E-state index is 12.9. The first kappa shape index (κ1) is 19.6. The maximum atomic E-state index is 12.9. The number of ether oxygens (including phenoxy) is 1. The van der Waals surface area contributed by atoms with Crippen molar-refractivity contribution < 1.29 is 14.3 Å². The molecule has 0 saturated carbocycles. The number of rotatable bonds is 7. The smallest absolute Gasteiger partial charge is 0.254 e. The number of halogens is 1. The van der Waals surface area contributed by atoms with Crippen molar-refractivity contribution in [3.8, 4) is 5.75 Å². The summed E-state index contributed by atoms with van der Waals surface area (Å²) in [6.45, 7) is 0.651. The Bertz CT molecular complexity index is 972. The Kier molecular flexibility index (Phi) is 6.45. The molecule has 0 heterocycles. The van der Waals surface area contributed by atoms with Crippen LogP contribution < -0.4 is 4.74 Å². The van der Waals surface area contributed by atoms with E-state index in [2.05, 4.69) is 0 Å². The van der Waals surface area contributed by atoms with Gasteiger partial charge in [0.2, 0.25) is 0 Å². The van der Waals surface area contributed by atoms with Crippen LogP contribution in [0.1, 0.15) is 26.3 Å². The second-order valence-corrected chi connectivity index (χ2v) is 6.65. The van der Waals surface area contributed by atoms with E-state index in [0.29, 0.717) is 40.6 Å². The number of carbonyl (C=O) groups is 2. The zero-order valence-corrected chi connectivity index (χ0v) is 16.2. The van der Waals surface area contributed by atoms with Crippen molar-refractivity contribution in [3.05, 3.63) is 101 Å². The van der Waals surface area contributed by atoms with Gasteiger partial charge in [0, 0.05) is 18.2 Å². The molecule has 0 aliphatic rings. The highest BCUT2D eigenvalue weighted by atomic mass is 35.5. The van der Waals surface area contributed by atoms with Gasteiger partial charge in [-0.15, -0.1) is 0 Å². The molecule has 4 nitrogen and oxygen atoms in total. The van der Waals surface area contributed by atoms with Crippen LogP contribution in [0.5, 0.6) is 5.75 Å². The van der Waals surface area contributed by atoms with Crippen molar-refractivity contribution in [2.24, 2.45) is 0 Å². The summed E-state index contributed by atoms with van der Waals surface area (Å²) in [5, 5.41) is 0.523. The molecule has 0 N–H and O–H groups in total. The lowest BCUT2D eigenvalue weighted by Crippen LogP contribution is -2.32. The van der Waals surface area contributed by atoms with Crippen LogP contribution in [0.2, 0.25) is 5.02 Å². The Morgan fingerprint density at radius 1 is 0.857 bits per heavy atom. The number of hydrogen-bond donors (Lipinski definition) is 0. The second-order valence-electron chi connectivity index (χ2n) is 6.25. The second kappa shape index (κ2) is 9.20. The zero-order valence-electron chi connectivity index (χ0n) is 15.5. The normalized spacial score (nSPS) is 10.4. The molecule has 0 spiro atoms. The average Bonchev–Trinajstić information content (AvgIpc) is 2.74. The van der Waals surface area contributed by atoms with Crippen LogP contribution in [0, 0.1) is 0 Å². The number of amides is 1. The number of nitrogens with zero attached hydrogens (tertiary/aromatic N) is 1. The van der Waals surface area contributed by atoms with E-state index < -0.39 is 0 Å². The van der Waals surface area contributed by atoms with E-state index in [0.717, 1.165) is 0 Å². The standard InChI is InChI=1S/C23H20ClNO3/c1-25(15-16-28-21-14-8-7-13-20(21)24)23(27)19-12-6-5-11-18(19)22(26)17-9-3-2-4-10-17/h2-14H,15-16H2,1H3. The van der Waals surface area contributed by atoms with Gasteiger partial charge in [0.05, 0.1) is 17.1 Å². The summed E-state index contributed by atoms with van der Waals surface area (Å²) in [5.74, 6) is 0.164. The monoisotopic (exact) mass is 393 g/mol. The van der Waals surface area contributed by atoms with E-state index in [1.807, 2.05) is 18.2 Å². The maximum Gasteiger partial charge on any atom is 0.254 e. The fourth-order valence-electron chi connectivity index (χ4n) is 2.77. The molecular formula is C23H20ClNO3. The Morgan fingerprint density at radius 2 is 1.46 bits per heavy atom. The molecule has 0 fully saturated rings. The Labute approximate surface area is 169 Å². The van der Waals surface area contributed by atoms with Crippen LogP contribution in [0.15, 0.2) is 78.9 Å². The minimum Gasteiger partial charge on any atom is -0.490 e. The first-order valence-electron chi connectivity index (χ1n) is 8.89. The molecule has 0 aliphatic heterocycles. The third-order valence-corrected chi connectivity index (χ3v) is 4.62. The molecule has 142 valence electrons. The molecule has 3 aromatic rings. The number of ketones is 1. The summed E-state index contributed by atoms with van der Waals surface area (Å²) in [6.07, 6.45) is 0. The molecule has 0 aliphatic carbocycles. The van der Waals surface area contributed by atoms with Gasteiger partial charge < -0.3 is 9.64 Å². The van der Waals surface area contributed by atoms with Gasteiger partial charge in [-0.1, -0.05) is 72.3 Å². The Hall–Kier alpha value is -3.11. The average molecular weight is 394 g/mol. The molecule has 0 bridgehead atoms. The number of likely N-dealkylation sites (N-methyl/N-ethyl adjacent to an activating group) is 1. The summed E-state index contributed by atoms with van der Waals surface area (Å²) < 4.78 is 5.65. The van der Waals surface area contributed by atoms with E-state index in [9.17, 15) is 9.59 Å². The van der Waals surface area contributed by atoms with Crippen LogP contribution in [0.25, 0.3) is 0 Å². The number of carbonyl (C=O) groups excluding carboxylic acids is 2. The summed E-state index contributed by atoms with van der Waals surface area (Å²) in [5.41, 5.74) is 1.31. The van der Waals surface area contributed by atoms with E-state index >= 15 is 0 Å². The van der Waals surface area contributed by atoms with Crippen molar-refractivity contribution >= 4 is 23.3 Å². The SMILES string of the molecule is CN(CCOc1ccccc1Cl)C(=O)c1ccccc1C(=O)c1ccccc1. The Morgan fingerprint density at radius 3 is 2.18 bits per heavy atom. The highest BCUT2D eigenvalue weighted by Gasteiger charge is 2.20. The predicted octanol–water partition coefficient (Wildman–Crippen LogP) is 4.72. The fraction of sp³-hybridized carbons (Fsp3) is 0.130. The fourth-order valence-corrected chi connectivity index (χ4v) is 2.96. The third kappa shape index (κ3) is 4.59. The van der Waals surface area contributed by atoms with E-state index in [1.54, 1.807) is 67.7 Å².